The van der Waals surface area contributed by atoms with Crippen LogP contribution < -0.4 is 0 Å². The minimum Gasteiger partial charge on any atom is -0.206 e. The lowest BCUT2D eigenvalue weighted by molar-refractivity contribution is -0.381. The second-order valence-corrected chi connectivity index (χ2v) is 8.22. The Morgan fingerprint density at radius 2 is 1.38 bits per heavy atom. The molecule has 0 atom stereocenters. The van der Waals surface area contributed by atoms with Crippen LogP contribution in [-0.4, -0.2) is 23.3 Å². The van der Waals surface area contributed by atoms with E-state index in [2.05, 4.69) is 37.9 Å². The van der Waals surface area contributed by atoms with Gasteiger partial charge in [-0.15, -0.1) is 0 Å². The summed E-state index contributed by atoms with van der Waals surface area (Å²) in [5.74, 6) is -14.8. The lowest BCUT2D eigenvalue weighted by atomic mass is 10.1. The molecule has 0 fully saturated rings. The Hall–Kier alpha value is -0.950. The molecule has 0 saturated carbocycles. The fourth-order valence-electron chi connectivity index (χ4n) is 2.06. The quantitative estimate of drug-likeness (QED) is 0.254. The van der Waals surface area contributed by atoms with E-state index in [1.807, 2.05) is 0 Å². The number of rotatable bonds is 5. The molecule has 0 aliphatic rings. The summed E-state index contributed by atoms with van der Waals surface area (Å²) in [4.78, 5) is -0.893. The second kappa shape index (κ2) is 7.95. The zero-order valence-electron chi connectivity index (χ0n) is 13.3. The number of benzene rings is 2. The minimum absolute atomic E-state index is 0.131. The van der Waals surface area contributed by atoms with Crippen LogP contribution in [0.2, 0.25) is 0 Å². The number of alkyl halides is 9. The van der Waals surface area contributed by atoms with Crippen molar-refractivity contribution in [2.45, 2.75) is 28.2 Å². The van der Waals surface area contributed by atoms with Crippen LogP contribution in [-0.2, 0) is 0 Å². The van der Waals surface area contributed by atoms with E-state index in [4.69, 9.17) is 0 Å². The van der Waals surface area contributed by atoms with E-state index in [-0.39, 0.29) is 8.95 Å². The van der Waals surface area contributed by atoms with Gasteiger partial charge in [-0.05, 0) is 39.8 Å². The largest absolute Gasteiger partial charge is 0.460 e. The summed E-state index contributed by atoms with van der Waals surface area (Å²) in [6, 6.07) is 7.67. The van der Waals surface area contributed by atoms with Gasteiger partial charge in [-0.2, -0.15) is 39.5 Å². The molecule has 0 aliphatic heterocycles. The van der Waals surface area contributed by atoms with Crippen molar-refractivity contribution in [3.8, 4) is 11.1 Å². The van der Waals surface area contributed by atoms with E-state index in [1.165, 1.54) is 12.1 Å². The van der Waals surface area contributed by atoms with Crippen LogP contribution in [0.1, 0.15) is 0 Å². The molecule has 1 radical (unpaired) electrons. The summed E-state index contributed by atoms with van der Waals surface area (Å²) in [5.41, 5.74) is -0.880. The van der Waals surface area contributed by atoms with E-state index >= 15 is 0 Å². The Morgan fingerprint density at radius 3 is 1.90 bits per heavy atom. The highest BCUT2D eigenvalue weighted by Crippen LogP contribution is 2.59. The molecule has 0 bridgehead atoms. The standard InChI is InChI=1S/C16H5Br2F10S/c17-7-5-9(18)12(8-3-1-2-4-10(8)19)11(6-7)29-16(27,28)14(22,23)13(20,21)15(24,25)26/h1-4,6H. The lowest BCUT2D eigenvalue weighted by Crippen LogP contribution is -2.59. The van der Waals surface area contributed by atoms with Crippen LogP contribution >= 0.6 is 43.6 Å². The molecule has 0 unspecified atom stereocenters. The van der Waals surface area contributed by atoms with Gasteiger partial charge in [0.05, 0.1) is 0 Å². The highest BCUT2D eigenvalue weighted by atomic mass is 79.9. The van der Waals surface area contributed by atoms with E-state index in [0.717, 1.165) is 12.1 Å². The van der Waals surface area contributed by atoms with E-state index < -0.39 is 56.9 Å². The zero-order chi connectivity index (χ0) is 22.4. The van der Waals surface area contributed by atoms with Crippen molar-refractivity contribution in [1.82, 2.24) is 0 Å². The van der Waals surface area contributed by atoms with Crippen molar-refractivity contribution >= 4 is 43.6 Å². The van der Waals surface area contributed by atoms with Crippen molar-refractivity contribution in [2.24, 2.45) is 0 Å². The van der Waals surface area contributed by atoms with Gasteiger partial charge in [0.1, 0.15) is 5.82 Å². The smallest absolute Gasteiger partial charge is 0.206 e. The fraction of sp³-hybridized carbons (Fsp3) is 0.250. The normalized spacial score (nSPS) is 13.7. The topological polar surface area (TPSA) is 0 Å². The van der Waals surface area contributed by atoms with Gasteiger partial charge >= 0.3 is 23.3 Å². The predicted molar refractivity (Wildman–Crippen MR) is 92.8 cm³/mol. The van der Waals surface area contributed by atoms with Crippen molar-refractivity contribution < 1.29 is 43.9 Å². The summed E-state index contributed by atoms with van der Waals surface area (Å²) in [7, 11) is 0. The Morgan fingerprint density at radius 1 is 0.828 bits per heavy atom. The van der Waals surface area contributed by atoms with Gasteiger partial charge in [0.15, 0.2) is 0 Å². The van der Waals surface area contributed by atoms with Gasteiger partial charge < -0.3 is 0 Å². The fourth-order valence-corrected chi connectivity index (χ4v) is 4.70. The minimum atomic E-state index is -7.02. The van der Waals surface area contributed by atoms with Crippen molar-refractivity contribution in [3.63, 3.8) is 0 Å². The zero-order valence-corrected chi connectivity index (χ0v) is 17.3. The molecular formula is C16H5Br2F10S. The van der Waals surface area contributed by atoms with Crippen LogP contribution in [0.3, 0.4) is 0 Å². The molecule has 159 valence electrons. The first-order valence-corrected chi connectivity index (χ1v) is 9.48. The van der Waals surface area contributed by atoms with E-state index in [0.29, 0.717) is 6.07 Å². The van der Waals surface area contributed by atoms with Gasteiger partial charge in [0.25, 0.3) is 0 Å². The molecule has 0 saturated heterocycles. The Bertz CT molecular complexity index is 911. The van der Waals surface area contributed by atoms with Crippen molar-refractivity contribution in [1.29, 1.82) is 0 Å². The molecule has 2 aromatic carbocycles. The van der Waals surface area contributed by atoms with Crippen LogP contribution in [0.4, 0.5) is 43.9 Å². The van der Waals surface area contributed by atoms with Crippen LogP contribution in [0.5, 0.6) is 0 Å². The molecule has 2 aromatic rings. The summed E-state index contributed by atoms with van der Waals surface area (Å²) in [5, 5.41) is -5.92. The molecular weight excluding hydrogens is 574 g/mol. The molecule has 0 nitrogen and oxygen atoms in total. The summed E-state index contributed by atoms with van der Waals surface area (Å²) < 4.78 is 132. The summed E-state index contributed by atoms with van der Waals surface area (Å²) in [6.07, 6.45) is -6.93. The average Bonchev–Trinajstić information content (AvgIpc) is 2.54. The molecule has 2 rings (SSSR count). The summed E-state index contributed by atoms with van der Waals surface area (Å²) in [6.45, 7) is 0. The Labute approximate surface area is 177 Å². The first-order chi connectivity index (χ1) is 13.0. The van der Waals surface area contributed by atoms with Gasteiger partial charge in [-0.1, -0.05) is 34.1 Å². The highest BCUT2D eigenvalue weighted by molar-refractivity contribution is 9.11. The number of hydrogen-bond acceptors (Lipinski definition) is 1. The number of thioether (sulfide) groups is 1. The maximum absolute atomic E-state index is 14.1. The molecule has 0 amide bonds. The van der Waals surface area contributed by atoms with Crippen molar-refractivity contribution in [2.75, 3.05) is 0 Å². The third kappa shape index (κ3) is 4.41. The molecule has 13 heteroatoms. The Kier molecular flexibility index (Phi) is 6.67. The van der Waals surface area contributed by atoms with E-state index in [1.54, 1.807) is 0 Å². The first-order valence-electron chi connectivity index (χ1n) is 7.08. The van der Waals surface area contributed by atoms with Gasteiger partial charge in [0.2, 0.25) is 0 Å². The lowest BCUT2D eigenvalue weighted by Gasteiger charge is -2.33. The molecule has 0 heterocycles. The maximum Gasteiger partial charge on any atom is 0.460 e. The first kappa shape index (κ1) is 24.3. The van der Waals surface area contributed by atoms with Crippen molar-refractivity contribution in [3.05, 3.63) is 51.2 Å². The van der Waals surface area contributed by atoms with E-state index in [9.17, 15) is 43.9 Å². The molecule has 0 spiro atoms. The molecule has 0 N–H and O–H groups in total. The molecule has 29 heavy (non-hydrogen) atoms. The molecule has 0 aliphatic carbocycles. The summed E-state index contributed by atoms with van der Waals surface area (Å²) >= 11 is 4.43. The highest BCUT2D eigenvalue weighted by Gasteiger charge is 2.82. The third-order valence-corrected chi connectivity index (χ3v) is 5.53. The molecule has 0 aromatic heterocycles. The maximum atomic E-state index is 14.1. The second-order valence-electron chi connectivity index (χ2n) is 5.42. The van der Waals surface area contributed by atoms with Crippen LogP contribution in [0.25, 0.3) is 11.1 Å². The van der Waals surface area contributed by atoms with Crippen LogP contribution in [0.15, 0.2) is 44.2 Å². The predicted octanol–water partition coefficient (Wildman–Crippen LogP) is 8.34. The monoisotopic (exact) mass is 577 g/mol. The van der Waals surface area contributed by atoms with Gasteiger partial charge in [-0.3, -0.25) is 0 Å². The number of hydrogen-bond donors (Lipinski definition) is 0. The number of halogens is 12. The van der Waals surface area contributed by atoms with Gasteiger partial charge in [-0.25, -0.2) is 4.39 Å². The average molecular weight is 579 g/mol. The van der Waals surface area contributed by atoms with Crippen LogP contribution in [0, 0.1) is 11.9 Å². The SMILES string of the molecule is Fc1ccccc1-c1c(Br)[c]c(Br)cc1SC(F)(F)C(F)(F)C(F)(F)C(F)(F)F. The Balaban J connectivity index is 2.63. The third-order valence-electron chi connectivity index (χ3n) is 3.45. The van der Waals surface area contributed by atoms with Gasteiger partial charge in [0, 0.05) is 31.0 Å².